The zero-order valence-corrected chi connectivity index (χ0v) is 10.9. The van der Waals surface area contributed by atoms with Gasteiger partial charge in [-0.1, -0.05) is 19.8 Å². The number of amides is 1. The van der Waals surface area contributed by atoms with Crippen LogP contribution in [0.5, 0.6) is 0 Å². The van der Waals surface area contributed by atoms with Gasteiger partial charge in [-0.05, 0) is 20.3 Å². The number of nitrogens with zero attached hydrogens (tertiary/aromatic N) is 2. The number of unbranched alkanes of at least 4 members (excludes halogenated alkanes) is 2. The number of anilines is 1. The van der Waals surface area contributed by atoms with Gasteiger partial charge in [0.05, 0.1) is 11.9 Å². The molecular weight excluding hydrogens is 216 g/mol. The van der Waals surface area contributed by atoms with E-state index in [0.29, 0.717) is 11.4 Å². The molecular formula is C12H22N4O. The first kappa shape index (κ1) is 13.5. The number of carbonyl (C=O) groups excluding carboxylic acids is 1. The Balaban J connectivity index is 2.71. The van der Waals surface area contributed by atoms with Crippen molar-refractivity contribution in [3.63, 3.8) is 0 Å². The Morgan fingerprint density at radius 2 is 2.24 bits per heavy atom. The molecule has 0 aliphatic rings. The number of hydrogen-bond acceptors (Lipinski definition) is 3. The van der Waals surface area contributed by atoms with Gasteiger partial charge < -0.3 is 10.6 Å². The molecule has 0 aromatic carbocycles. The number of nitrogens with two attached hydrogens (primary N) is 1. The average molecular weight is 238 g/mol. The summed E-state index contributed by atoms with van der Waals surface area (Å²) in [5.41, 5.74) is 6.50. The largest absolute Gasteiger partial charge is 0.396 e. The van der Waals surface area contributed by atoms with Crippen LogP contribution in [0, 0.1) is 0 Å². The Hall–Kier alpha value is -1.52. The third-order valence-corrected chi connectivity index (χ3v) is 2.77. The number of H-pyrrole nitrogens is 1. The van der Waals surface area contributed by atoms with Crippen molar-refractivity contribution in [2.24, 2.45) is 0 Å². The van der Waals surface area contributed by atoms with E-state index >= 15 is 0 Å². The molecule has 1 aromatic rings. The SMILES string of the molecule is CCCCCN(C(=O)c1[nH]ncc1N)C(C)C. The Kier molecular flexibility index (Phi) is 5.00. The molecule has 3 N–H and O–H groups in total. The molecule has 0 fully saturated rings. The highest BCUT2D eigenvalue weighted by molar-refractivity contribution is 5.97. The molecule has 0 unspecified atom stereocenters. The Labute approximate surface area is 102 Å². The molecule has 0 spiro atoms. The molecule has 96 valence electrons. The molecule has 0 saturated heterocycles. The number of nitrogen functional groups attached to an aromatic ring is 1. The van der Waals surface area contributed by atoms with Crippen LogP contribution in [0.2, 0.25) is 0 Å². The van der Waals surface area contributed by atoms with Gasteiger partial charge in [-0.3, -0.25) is 9.89 Å². The minimum atomic E-state index is -0.0638. The highest BCUT2D eigenvalue weighted by atomic mass is 16.2. The lowest BCUT2D eigenvalue weighted by atomic mass is 10.2. The normalized spacial score (nSPS) is 10.8. The highest BCUT2D eigenvalue weighted by Crippen LogP contribution is 2.13. The molecule has 0 radical (unpaired) electrons. The zero-order chi connectivity index (χ0) is 12.8. The van der Waals surface area contributed by atoms with Crippen molar-refractivity contribution in [2.45, 2.75) is 46.1 Å². The van der Waals surface area contributed by atoms with Crippen LogP contribution in [0.4, 0.5) is 5.69 Å². The molecule has 1 aromatic heterocycles. The van der Waals surface area contributed by atoms with E-state index in [1.165, 1.54) is 6.20 Å². The molecule has 1 heterocycles. The van der Waals surface area contributed by atoms with Crippen molar-refractivity contribution in [1.82, 2.24) is 15.1 Å². The summed E-state index contributed by atoms with van der Waals surface area (Å²) in [5.74, 6) is -0.0638. The van der Waals surface area contributed by atoms with Crippen molar-refractivity contribution >= 4 is 11.6 Å². The van der Waals surface area contributed by atoms with Crippen LogP contribution < -0.4 is 5.73 Å². The first-order chi connectivity index (χ1) is 8.07. The maximum atomic E-state index is 12.2. The van der Waals surface area contributed by atoms with Gasteiger partial charge in [0.1, 0.15) is 5.69 Å². The number of aromatic nitrogens is 2. The van der Waals surface area contributed by atoms with Crippen molar-refractivity contribution in [3.8, 4) is 0 Å². The minimum absolute atomic E-state index is 0.0638. The predicted octanol–water partition coefficient (Wildman–Crippen LogP) is 2.03. The Morgan fingerprint density at radius 1 is 1.53 bits per heavy atom. The first-order valence-corrected chi connectivity index (χ1v) is 6.17. The van der Waals surface area contributed by atoms with Gasteiger partial charge in [0, 0.05) is 12.6 Å². The molecule has 0 aliphatic carbocycles. The minimum Gasteiger partial charge on any atom is -0.396 e. The lowest BCUT2D eigenvalue weighted by Crippen LogP contribution is -2.38. The fraction of sp³-hybridized carbons (Fsp3) is 0.667. The van der Waals surface area contributed by atoms with Crippen LogP contribution in [-0.2, 0) is 0 Å². The molecule has 5 heteroatoms. The van der Waals surface area contributed by atoms with Gasteiger partial charge >= 0.3 is 0 Å². The van der Waals surface area contributed by atoms with Crippen molar-refractivity contribution in [2.75, 3.05) is 12.3 Å². The van der Waals surface area contributed by atoms with Gasteiger partial charge in [-0.2, -0.15) is 5.10 Å². The van der Waals surface area contributed by atoms with E-state index in [2.05, 4.69) is 17.1 Å². The molecule has 5 nitrogen and oxygen atoms in total. The topological polar surface area (TPSA) is 75.0 Å². The van der Waals surface area contributed by atoms with Gasteiger partial charge in [-0.25, -0.2) is 0 Å². The van der Waals surface area contributed by atoms with E-state index in [0.717, 1.165) is 25.8 Å². The standard InChI is InChI=1S/C12H22N4O/c1-4-5-6-7-16(9(2)3)12(17)11-10(13)8-14-15-11/h8-9H,4-7,13H2,1-3H3,(H,14,15). The summed E-state index contributed by atoms with van der Waals surface area (Å²) in [6, 6.07) is 0.169. The first-order valence-electron chi connectivity index (χ1n) is 6.17. The maximum absolute atomic E-state index is 12.2. The molecule has 0 bridgehead atoms. The van der Waals surface area contributed by atoms with Crippen LogP contribution in [0.1, 0.15) is 50.5 Å². The van der Waals surface area contributed by atoms with E-state index in [4.69, 9.17) is 5.73 Å². The number of aromatic amines is 1. The zero-order valence-electron chi connectivity index (χ0n) is 10.9. The Morgan fingerprint density at radius 3 is 2.71 bits per heavy atom. The van der Waals surface area contributed by atoms with Crippen molar-refractivity contribution < 1.29 is 4.79 Å². The predicted molar refractivity (Wildman–Crippen MR) is 68.7 cm³/mol. The second-order valence-corrected chi connectivity index (χ2v) is 4.50. The summed E-state index contributed by atoms with van der Waals surface area (Å²) in [4.78, 5) is 14.1. The summed E-state index contributed by atoms with van der Waals surface area (Å²) < 4.78 is 0. The lowest BCUT2D eigenvalue weighted by Gasteiger charge is -2.26. The van der Waals surface area contributed by atoms with Crippen molar-refractivity contribution in [1.29, 1.82) is 0 Å². The van der Waals surface area contributed by atoms with Crippen LogP contribution in [0.3, 0.4) is 0 Å². The van der Waals surface area contributed by atoms with E-state index in [1.807, 2.05) is 18.7 Å². The molecule has 0 saturated carbocycles. The van der Waals surface area contributed by atoms with Gasteiger partial charge in [-0.15, -0.1) is 0 Å². The van der Waals surface area contributed by atoms with E-state index < -0.39 is 0 Å². The highest BCUT2D eigenvalue weighted by Gasteiger charge is 2.21. The molecule has 1 amide bonds. The lowest BCUT2D eigenvalue weighted by molar-refractivity contribution is 0.0697. The average Bonchev–Trinajstić information content (AvgIpc) is 2.69. The van der Waals surface area contributed by atoms with Crippen molar-refractivity contribution in [3.05, 3.63) is 11.9 Å². The number of rotatable bonds is 6. The van der Waals surface area contributed by atoms with Gasteiger partial charge in [0.2, 0.25) is 0 Å². The molecule has 1 rings (SSSR count). The summed E-state index contributed by atoms with van der Waals surface area (Å²) in [7, 11) is 0. The summed E-state index contributed by atoms with van der Waals surface area (Å²) >= 11 is 0. The second kappa shape index (κ2) is 6.27. The number of nitrogens with one attached hydrogen (secondary N) is 1. The van der Waals surface area contributed by atoms with E-state index in [1.54, 1.807) is 0 Å². The quantitative estimate of drug-likeness (QED) is 0.745. The second-order valence-electron chi connectivity index (χ2n) is 4.50. The van der Waals surface area contributed by atoms with Crippen LogP contribution in [-0.4, -0.2) is 33.6 Å². The van der Waals surface area contributed by atoms with Gasteiger partial charge in [0.25, 0.3) is 5.91 Å². The maximum Gasteiger partial charge on any atom is 0.274 e. The van der Waals surface area contributed by atoms with Crippen LogP contribution >= 0.6 is 0 Å². The van der Waals surface area contributed by atoms with E-state index in [-0.39, 0.29) is 11.9 Å². The molecule has 17 heavy (non-hydrogen) atoms. The third kappa shape index (κ3) is 3.47. The third-order valence-electron chi connectivity index (χ3n) is 2.77. The summed E-state index contributed by atoms with van der Waals surface area (Å²) in [5, 5.41) is 6.45. The molecule has 0 aliphatic heterocycles. The summed E-state index contributed by atoms with van der Waals surface area (Å²) in [6.45, 7) is 6.93. The van der Waals surface area contributed by atoms with Gasteiger partial charge in [0.15, 0.2) is 0 Å². The summed E-state index contributed by atoms with van der Waals surface area (Å²) in [6.07, 6.45) is 4.77. The fourth-order valence-electron chi connectivity index (χ4n) is 1.74. The fourth-order valence-corrected chi connectivity index (χ4v) is 1.74. The number of hydrogen-bond donors (Lipinski definition) is 2. The molecule has 0 atom stereocenters. The Bertz CT molecular complexity index is 359. The van der Waals surface area contributed by atoms with Crippen LogP contribution in [0.15, 0.2) is 6.20 Å². The number of carbonyl (C=O) groups is 1. The van der Waals surface area contributed by atoms with Crippen LogP contribution in [0.25, 0.3) is 0 Å². The smallest absolute Gasteiger partial charge is 0.274 e. The monoisotopic (exact) mass is 238 g/mol. The van der Waals surface area contributed by atoms with E-state index in [9.17, 15) is 4.79 Å².